The van der Waals surface area contributed by atoms with Crippen molar-refractivity contribution in [1.82, 2.24) is 5.32 Å². The van der Waals surface area contributed by atoms with Crippen molar-refractivity contribution in [2.24, 2.45) is 0 Å². The number of rotatable bonds is 7. The zero-order valence-corrected chi connectivity index (χ0v) is 13.1. The molecule has 0 aromatic rings. The molecule has 1 aliphatic rings. The summed E-state index contributed by atoms with van der Waals surface area (Å²) in [6, 6.07) is 0.666. The van der Waals surface area contributed by atoms with E-state index in [4.69, 9.17) is 0 Å². The molecule has 1 rings (SSSR count). The lowest BCUT2D eigenvalue weighted by Crippen LogP contribution is -2.44. The highest BCUT2D eigenvalue weighted by atomic mass is 32.2. The molecule has 3 heteroatoms. The molecule has 0 saturated carbocycles. The molecule has 0 aromatic carbocycles. The Morgan fingerprint density at radius 1 is 1.41 bits per heavy atom. The van der Waals surface area contributed by atoms with E-state index in [1.807, 2.05) is 0 Å². The molecule has 1 heterocycles. The summed E-state index contributed by atoms with van der Waals surface area (Å²) in [6.07, 6.45) is 3.64. The third kappa shape index (κ3) is 5.71. The second kappa shape index (κ2) is 8.49. The summed E-state index contributed by atoms with van der Waals surface area (Å²) in [6.45, 7) is 12.0. The van der Waals surface area contributed by atoms with E-state index in [0.29, 0.717) is 6.04 Å². The van der Waals surface area contributed by atoms with Crippen LogP contribution in [-0.2, 0) is 0 Å². The van der Waals surface area contributed by atoms with E-state index in [9.17, 15) is 0 Å². The number of nitrogens with one attached hydrogen (secondary N) is 1. The van der Waals surface area contributed by atoms with Crippen LogP contribution in [0.4, 0.5) is 0 Å². The molecule has 1 fully saturated rings. The summed E-state index contributed by atoms with van der Waals surface area (Å²) >= 11 is 4.31. The van der Waals surface area contributed by atoms with Gasteiger partial charge in [-0.1, -0.05) is 19.4 Å². The minimum atomic E-state index is 0.666. The minimum Gasteiger partial charge on any atom is -0.313 e. The number of hydrogen-bond acceptors (Lipinski definition) is 3. The highest BCUT2D eigenvalue weighted by Crippen LogP contribution is 2.34. The van der Waals surface area contributed by atoms with Gasteiger partial charge in [0.25, 0.3) is 0 Å². The molecule has 3 unspecified atom stereocenters. The van der Waals surface area contributed by atoms with Gasteiger partial charge >= 0.3 is 0 Å². The fraction of sp³-hybridized carbons (Fsp3) is 0.857. The average Bonchev–Trinajstić information content (AvgIpc) is 2.30. The van der Waals surface area contributed by atoms with Gasteiger partial charge < -0.3 is 5.32 Å². The van der Waals surface area contributed by atoms with E-state index in [-0.39, 0.29) is 0 Å². The largest absolute Gasteiger partial charge is 0.313 e. The normalized spacial score (nSPS) is 26.8. The zero-order chi connectivity index (χ0) is 12.7. The molecular weight excluding hydrogens is 246 g/mol. The lowest BCUT2D eigenvalue weighted by Gasteiger charge is -2.35. The van der Waals surface area contributed by atoms with Gasteiger partial charge in [-0.05, 0) is 32.7 Å². The number of allylic oxidation sites excluding steroid dienone is 1. The fourth-order valence-corrected chi connectivity index (χ4v) is 5.21. The maximum absolute atomic E-state index is 4.03. The highest BCUT2D eigenvalue weighted by molar-refractivity contribution is 8.07. The lowest BCUT2D eigenvalue weighted by molar-refractivity contribution is 0.461. The second-order valence-electron chi connectivity index (χ2n) is 4.97. The molecule has 17 heavy (non-hydrogen) atoms. The Kier molecular flexibility index (Phi) is 7.72. The summed E-state index contributed by atoms with van der Waals surface area (Å²) in [5.74, 6) is 2.64. The van der Waals surface area contributed by atoms with Crippen LogP contribution in [0.15, 0.2) is 12.2 Å². The fourth-order valence-electron chi connectivity index (χ4n) is 2.21. The third-order valence-corrected chi connectivity index (χ3v) is 6.42. The first-order valence-corrected chi connectivity index (χ1v) is 8.85. The lowest BCUT2D eigenvalue weighted by atomic mass is 10.0. The van der Waals surface area contributed by atoms with Crippen molar-refractivity contribution < 1.29 is 0 Å². The van der Waals surface area contributed by atoms with E-state index in [1.165, 1.54) is 29.9 Å². The van der Waals surface area contributed by atoms with Gasteiger partial charge in [-0.3, -0.25) is 0 Å². The number of hydrogen-bond donors (Lipinski definition) is 1. The first-order valence-electron chi connectivity index (χ1n) is 6.76. The quantitative estimate of drug-likeness (QED) is 0.706. The van der Waals surface area contributed by atoms with E-state index < -0.39 is 0 Å². The van der Waals surface area contributed by atoms with Crippen molar-refractivity contribution in [3.8, 4) is 0 Å². The van der Waals surface area contributed by atoms with Crippen LogP contribution in [0.3, 0.4) is 0 Å². The van der Waals surface area contributed by atoms with Crippen LogP contribution in [0, 0.1) is 0 Å². The molecule has 1 nitrogen and oxygen atoms in total. The highest BCUT2D eigenvalue weighted by Gasteiger charge is 2.29. The summed E-state index contributed by atoms with van der Waals surface area (Å²) in [4.78, 5) is 0. The van der Waals surface area contributed by atoms with Gasteiger partial charge in [0, 0.05) is 28.0 Å². The zero-order valence-electron chi connectivity index (χ0n) is 11.5. The molecule has 1 aliphatic heterocycles. The average molecular weight is 274 g/mol. The predicted octanol–water partition coefficient (Wildman–Crippen LogP) is 3.95. The van der Waals surface area contributed by atoms with Gasteiger partial charge in [-0.25, -0.2) is 0 Å². The Bertz CT molecular complexity index is 230. The molecule has 100 valence electrons. The second-order valence-corrected chi connectivity index (χ2v) is 7.74. The van der Waals surface area contributed by atoms with Crippen LogP contribution in [-0.4, -0.2) is 34.6 Å². The third-order valence-electron chi connectivity index (χ3n) is 3.17. The van der Waals surface area contributed by atoms with Gasteiger partial charge in [0.1, 0.15) is 0 Å². The molecule has 0 spiro atoms. The first kappa shape index (κ1) is 15.5. The van der Waals surface area contributed by atoms with Gasteiger partial charge in [0.2, 0.25) is 0 Å². The van der Waals surface area contributed by atoms with Crippen molar-refractivity contribution >= 4 is 23.5 Å². The molecule has 0 aromatic heterocycles. The van der Waals surface area contributed by atoms with E-state index in [2.05, 4.69) is 56.2 Å². The van der Waals surface area contributed by atoms with Crippen LogP contribution in [0.2, 0.25) is 0 Å². The van der Waals surface area contributed by atoms with E-state index in [1.54, 1.807) is 0 Å². The standard InChI is InChI=1S/C14H27NS2/c1-5-8-15-13(7-6-11(2)3)14-12(4)16-9-10-17-14/h12-15H,2,5-10H2,1,3-4H3. The van der Waals surface area contributed by atoms with Gasteiger partial charge in [-0.2, -0.15) is 23.5 Å². The maximum atomic E-state index is 4.03. The summed E-state index contributed by atoms with van der Waals surface area (Å²) < 4.78 is 0. The summed E-state index contributed by atoms with van der Waals surface area (Å²) in [7, 11) is 0. The SMILES string of the molecule is C=C(C)CCC(NCCC)C1SCCSC1C. The summed E-state index contributed by atoms with van der Waals surface area (Å²) in [5.41, 5.74) is 1.31. The molecule has 0 aliphatic carbocycles. The Hall–Kier alpha value is 0.400. The maximum Gasteiger partial charge on any atom is 0.0317 e. The summed E-state index contributed by atoms with van der Waals surface area (Å²) in [5, 5.41) is 5.31. The van der Waals surface area contributed by atoms with Crippen LogP contribution >= 0.6 is 23.5 Å². The Balaban J connectivity index is 2.49. The molecule has 0 amide bonds. The van der Waals surface area contributed by atoms with Gasteiger partial charge in [-0.15, -0.1) is 6.58 Å². The van der Waals surface area contributed by atoms with E-state index in [0.717, 1.165) is 23.5 Å². The molecule has 1 saturated heterocycles. The molecule has 0 radical (unpaired) electrons. The monoisotopic (exact) mass is 273 g/mol. The minimum absolute atomic E-state index is 0.666. The first-order chi connectivity index (χ1) is 8.15. The molecule has 3 atom stereocenters. The number of thioether (sulfide) groups is 2. The molecule has 1 N–H and O–H groups in total. The van der Waals surface area contributed by atoms with Crippen molar-refractivity contribution in [1.29, 1.82) is 0 Å². The topological polar surface area (TPSA) is 12.0 Å². The molecule has 0 bridgehead atoms. The van der Waals surface area contributed by atoms with Crippen molar-refractivity contribution in [3.05, 3.63) is 12.2 Å². The predicted molar refractivity (Wildman–Crippen MR) is 84.3 cm³/mol. The van der Waals surface area contributed by atoms with Crippen molar-refractivity contribution in [2.45, 2.75) is 56.6 Å². The van der Waals surface area contributed by atoms with Crippen LogP contribution < -0.4 is 5.32 Å². The van der Waals surface area contributed by atoms with E-state index >= 15 is 0 Å². The van der Waals surface area contributed by atoms with Crippen LogP contribution in [0.5, 0.6) is 0 Å². The van der Waals surface area contributed by atoms with Crippen LogP contribution in [0.1, 0.15) is 40.0 Å². The Labute approximate surface area is 116 Å². The Morgan fingerprint density at radius 2 is 2.12 bits per heavy atom. The van der Waals surface area contributed by atoms with Gasteiger partial charge in [0.05, 0.1) is 0 Å². The van der Waals surface area contributed by atoms with Crippen molar-refractivity contribution in [2.75, 3.05) is 18.1 Å². The van der Waals surface area contributed by atoms with Gasteiger partial charge in [0.15, 0.2) is 0 Å². The molecular formula is C14H27NS2. The Morgan fingerprint density at radius 3 is 2.71 bits per heavy atom. The van der Waals surface area contributed by atoms with Crippen LogP contribution in [0.25, 0.3) is 0 Å². The van der Waals surface area contributed by atoms with Crippen molar-refractivity contribution in [3.63, 3.8) is 0 Å². The smallest absolute Gasteiger partial charge is 0.0317 e.